The minimum Gasteiger partial charge on any atom is -0.341 e. The van der Waals surface area contributed by atoms with E-state index < -0.39 is 0 Å². The van der Waals surface area contributed by atoms with E-state index in [2.05, 4.69) is 11.9 Å². The Morgan fingerprint density at radius 3 is 3.06 bits per heavy atom. The molecule has 2 atom stereocenters. The predicted molar refractivity (Wildman–Crippen MR) is 74.9 cm³/mol. The van der Waals surface area contributed by atoms with E-state index in [1.165, 1.54) is 12.8 Å². The predicted octanol–water partition coefficient (Wildman–Crippen LogP) is 3.38. The Labute approximate surface area is 112 Å². The second-order valence-electron chi connectivity index (χ2n) is 5.52. The van der Waals surface area contributed by atoms with Crippen LogP contribution in [0, 0.1) is 0 Å². The van der Waals surface area contributed by atoms with Crippen molar-refractivity contribution in [1.29, 1.82) is 0 Å². The summed E-state index contributed by atoms with van der Waals surface area (Å²) < 4.78 is 0. The molecule has 3 rings (SSSR count). The Balaban J connectivity index is 2.07. The van der Waals surface area contributed by atoms with Crippen LogP contribution in [0.5, 0.6) is 0 Å². The van der Waals surface area contributed by atoms with Gasteiger partial charge in [0.15, 0.2) is 0 Å². The third kappa shape index (κ3) is 1.82. The van der Waals surface area contributed by atoms with Gasteiger partial charge in [0.2, 0.25) is 0 Å². The average Bonchev–Trinajstić information content (AvgIpc) is 2.76. The Morgan fingerprint density at radius 2 is 2.28 bits per heavy atom. The van der Waals surface area contributed by atoms with Crippen molar-refractivity contribution in [1.82, 2.24) is 9.97 Å². The quantitative estimate of drug-likeness (QED) is 0.829. The van der Waals surface area contributed by atoms with Crippen LogP contribution in [0.25, 0.3) is 11.0 Å². The molecule has 1 aliphatic carbocycles. The molecule has 1 aromatic heterocycles. The van der Waals surface area contributed by atoms with E-state index in [0.29, 0.717) is 0 Å². The zero-order valence-electron chi connectivity index (χ0n) is 10.5. The Morgan fingerprint density at radius 1 is 1.44 bits per heavy atom. The second kappa shape index (κ2) is 4.25. The Hall–Kier alpha value is -1.06. The normalized spacial score (nSPS) is 28.7. The summed E-state index contributed by atoms with van der Waals surface area (Å²) in [5, 5.41) is 0.732. The zero-order chi connectivity index (χ0) is 12.8. The third-order valence-electron chi connectivity index (χ3n) is 4.26. The maximum absolute atomic E-state index is 6.31. The Kier molecular flexibility index (Phi) is 2.83. The van der Waals surface area contributed by atoms with E-state index in [0.717, 1.165) is 34.7 Å². The summed E-state index contributed by atoms with van der Waals surface area (Å²) in [7, 11) is 0. The standard InChI is InChI=1S/C14H18ClN3/c1-14(7-3-2-4-12(14)16)13-17-10-6-5-9(15)8-11(10)18-13/h5-6,8,12H,2-4,7,16H2,1H3,(H,17,18). The fraction of sp³-hybridized carbons (Fsp3) is 0.500. The molecule has 1 aromatic carbocycles. The van der Waals surface area contributed by atoms with Crippen molar-refractivity contribution >= 4 is 22.6 Å². The van der Waals surface area contributed by atoms with Gasteiger partial charge in [-0.05, 0) is 31.0 Å². The van der Waals surface area contributed by atoms with Gasteiger partial charge in [-0.3, -0.25) is 0 Å². The molecule has 1 heterocycles. The molecule has 18 heavy (non-hydrogen) atoms. The molecule has 0 spiro atoms. The number of nitrogens with two attached hydrogens (primary N) is 1. The number of hydrogen-bond acceptors (Lipinski definition) is 2. The largest absolute Gasteiger partial charge is 0.341 e. The van der Waals surface area contributed by atoms with E-state index >= 15 is 0 Å². The van der Waals surface area contributed by atoms with Crippen molar-refractivity contribution in [2.75, 3.05) is 0 Å². The van der Waals surface area contributed by atoms with E-state index in [-0.39, 0.29) is 11.5 Å². The SMILES string of the molecule is CC1(c2nc3ccc(Cl)cc3[nH]2)CCCCC1N. The van der Waals surface area contributed by atoms with Gasteiger partial charge >= 0.3 is 0 Å². The third-order valence-corrected chi connectivity index (χ3v) is 4.50. The maximum Gasteiger partial charge on any atom is 0.114 e. The highest BCUT2D eigenvalue weighted by molar-refractivity contribution is 6.31. The van der Waals surface area contributed by atoms with Gasteiger partial charge in [0.25, 0.3) is 0 Å². The molecule has 4 heteroatoms. The lowest BCUT2D eigenvalue weighted by molar-refractivity contribution is 0.260. The number of imidazole rings is 1. The van der Waals surface area contributed by atoms with Gasteiger partial charge in [-0.1, -0.05) is 31.4 Å². The molecule has 0 aliphatic heterocycles. The highest BCUT2D eigenvalue weighted by Crippen LogP contribution is 2.37. The van der Waals surface area contributed by atoms with Crippen LogP contribution in [-0.4, -0.2) is 16.0 Å². The van der Waals surface area contributed by atoms with Crippen LogP contribution in [-0.2, 0) is 5.41 Å². The van der Waals surface area contributed by atoms with Crippen LogP contribution in [0.2, 0.25) is 5.02 Å². The first-order valence-electron chi connectivity index (χ1n) is 6.51. The van der Waals surface area contributed by atoms with Gasteiger partial charge in [-0.25, -0.2) is 4.98 Å². The van der Waals surface area contributed by atoms with Gasteiger partial charge in [0.05, 0.1) is 11.0 Å². The van der Waals surface area contributed by atoms with Crippen LogP contribution in [0.3, 0.4) is 0 Å². The number of halogens is 1. The lowest BCUT2D eigenvalue weighted by atomic mass is 9.71. The molecule has 0 amide bonds. The monoisotopic (exact) mass is 263 g/mol. The summed E-state index contributed by atoms with van der Waals surface area (Å²) in [4.78, 5) is 8.11. The minimum atomic E-state index is -0.0380. The molecule has 0 saturated heterocycles. The van der Waals surface area contributed by atoms with Gasteiger partial charge in [0.1, 0.15) is 5.82 Å². The number of aromatic amines is 1. The van der Waals surface area contributed by atoms with Crippen molar-refractivity contribution in [3.8, 4) is 0 Å². The topological polar surface area (TPSA) is 54.7 Å². The van der Waals surface area contributed by atoms with Crippen LogP contribution in [0.4, 0.5) is 0 Å². The molecule has 1 saturated carbocycles. The smallest absolute Gasteiger partial charge is 0.114 e. The van der Waals surface area contributed by atoms with Crippen molar-refractivity contribution in [3.63, 3.8) is 0 Å². The van der Waals surface area contributed by atoms with Gasteiger partial charge in [-0.2, -0.15) is 0 Å². The second-order valence-corrected chi connectivity index (χ2v) is 5.95. The lowest BCUT2D eigenvalue weighted by Gasteiger charge is -2.37. The van der Waals surface area contributed by atoms with E-state index in [4.69, 9.17) is 22.3 Å². The molecule has 96 valence electrons. The fourth-order valence-corrected chi connectivity index (χ4v) is 3.08. The number of rotatable bonds is 1. The van der Waals surface area contributed by atoms with E-state index in [9.17, 15) is 0 Å². The molecule has 2 aromatic rings. The number of fused-ring (bicyclic) bond motifs is 1. The van der Waals surface area contributed by atoms with Gasteiger partial charge in [-0.15, -0.1) is 0 Å². The highest BCUT2D eigenvalue weighted by Gasteiger charge is 2.38. The maximum atomic E-state index is 6.31. The molecule has 2 unspecified atom stereocenters. The average molecular weight is 264 g/mol. The molecule has 0 radical (unpaired) electrons. The summed E-state index contributed by atoms with van der Waals surface area (Å²) in [5.74, 6) is 1.01. The first kappa shape index (κ1) is 12.0. The zero-order valence-corrected chi connectivity index (χ0v) is 11.3. The van der Waals surface area contributed by atoms with Crippen molar-refractivity contribution < 1.29 is 0 Å². The molecule has 3 N–H and O–H groups in total. The molecule has 1 fully saturated rings. The lowest BCUT2D eigenvalue weighted by Crippen LogP contribution is -2.46. The first-order valence-corrected chi connectivity index (χ1v) is 6.89. The minimum absolute atomic E-state index is 0.0380. The number of hydrogen-bond donors (Lipinski definition) is 2. The number of nitrogens with one attached hydrogen (secondary N) is 1. The van der Waals surface area contributed by atoms with E-state index in [1.54, 1.807) is 0 Å². The summed E-state index contributed by atoms with van der Waals surface area (Å²) >= 11 is 6.00. The molecule has 0 bridgehead atoms. The van der Waals surface area contributed by atoms with Crippen LogP contribution >= 0.6 is 11.6 Å². The van der Waals surface area contributed by atoms with E-state index in [1.807, 2.05) is 18.2 Å². The van der Waals surface area contributed by atoms with Crippen molar-refractivity contribution in [2.45, 2.75) is 44.1 Å². The molecular weight excluding hydrogens is 246 g/mol. The van der Waals surface area contributed by atoms with Crippen LogP contribution < -0.4 is 5.73 Å². The van der Waals surface area contributed by atoms with Crippen LogP contribution in [0.1, 0.15) is 38.4 Å². The van der Waals surface area contributed by atoms with Gasteiger partial charge < -0.3 is 10.7 Å². The van der Waals surface area contributed by atoms with Crippen molar-refractivity contribution in [3.05, 3.63) is 29.0 Å². The number of aromatic nitrogens is 2. The fourth-order valence-electron chi connectivity index (χ4n) is 2.91. The summed E-state index contributed by atoms with van der Waals surface area (Å²) in [6.45, 7) is 2.22. The number of H-pyrrole nitrogens is 1. The number of nitrogens with zero attached hydrogens (tertiary/aromatic N) is 1. The molecular formula is C14H18ClN3. The summed E-state index contributed by atoms with van der Waals surface area (Å²) in [5.41, 5.74) is 8.24. The Bertz CT molecular complexity index is 577. The molecule has 3 nitrogen and oxygen atoms in total. The number of benzene rings is 1. The van der Waals surface area contributed by atoms with Crippen molar-refractivity contribution in [2.24, 2.45) is 5.73 Å². The molecule has 1 aliphatic rings. The van der Waals surface area contributed by atoms with Crippen LogP contribution in [0.15, 0.2) is 18.2 Å². The van der Waals surface area contributed by atoms with Gasteiger partial charge in [0, 0.05) is 16.5 Å². The summed E-state index contributed by atoms with van der Waals surface area (Å²) in [6.07, 6.45) is 4.63. The summed E-state index contributed by atoms with van der Waals surface area (Å²) in [6, 6.07) is 5.93. The highest BCUT2D eigenvalue weighted by atomic mass is 35.5. The first-order chi connectivity index (χ1) is 8.59.